The minimum absolute atomic E-state index is 0.620. The van der Waals surface area contributed by atoms with Gasteiger partial charge in [0.1, 0.15) is 0 Å². The highest BCUT2D eigenvalue weighted by molar-refractivity contribution is 5.83. The molecule has 2 aromatic carbocycles. The fraction of sp³-hybridized carbons (Fsp3) is 0.381. The van der Waals surface area contributed by atoms with E-state index < -0.39 is 0 Å². The molecular weight excluding hydrogens is 252 g/mol. The molecule has 1 aliphatic carbocycles. The van der Waals surface area contributed by atoms with Gasteiger partial charge in [-0.15, -0.1) is 0 Å². The lowest BCUT2D eigenvalue weighted by molar-refractivity contribution is 0.674. The molecule has 2 aromatic rings. The van der Waals surface area contributed by atoms with Crippen LogP contribution in [0.5, 0.6) is 0 Å². The van der Waals surface area contributed by atoms with Gasteiger partial charge in [-0.3, -0.25) is 0 Å². The van der Waals surface area contributed by atoms with Gasteiger partial charge >= 0.3 is 0 Å². The molecule has 1 aliphatic rings. The second-order valence-electron chi connectivity index (χ2n) is 6.38. The van der Waals surface area contributed by atoms with Crippen LogP contribution in [0.25, 0.3) is 11.1 Å². The van der Waals surface area contributed by atoms with E-state index in [4.69, 9.17) is 0 Å². The van der Waals surface area contributed by atoms with Crippen LogP contribution >= 0.6 is 0 Å². The molecule has 0 bridgehead atoms. The minimum Gasteiger partial charge on any atom is -0.0648 e. The van der Waals surface area contributed by atoms with Crippen molar-refractivity contribution in [1.82, 2.24) is 0 Å². The van der Waals surface area contributed by atoms with E-state index in [1.54, 1.807) is 11.1 Å². The number of rotatable bonds is 4. The van der Waals surface area contributed by atoms with Crippen LogP contribution in [0.2, 0.25) is 0 Å². The normalized spacial score (nSPS) is 15.4. The highest BCUT2D eigenvalue weighted by atomic mass is 14.3. The predicted octanol–water partition coefficient (Wildman–Crippen LogP) is 6.29. The lowest BCUT2D eigenvalue weighted by atomic mass is 9.82. The molecule has 0 heteroatoms. The second kappa shape index (κ2) is 5.67. The summed E-state index contributed by atoms with van der Waals surface area (Å²) in [6.07, 6.45) is 4.80. The molecule has 1 radical (unpaired) electrons. The highest BCUT2D eigenvalue weighted by Gasteiger charge is 2.26. The summed E-state index contributed by atoms with van der Waals surface area (Å²) in [6, 6.07) is 13.5. The molecule has 0 spiro atoms. The van der Waals surface area contributed by atoms with Crippen LogP contribution in [-0.4, -0.2) is 0 Å². The van der Waals surface area contributed by atoms with Crippen molar-refractivity contribution in [2.75, 3.05) is 0 Å². The van der Waals surface area contributed by atoms with Gasteiger partial charge in [0.05, 0.1) is 0 Å². The summed E-state index contributed by atoms with van der Waals surface area (Å²) in [5, 5.41) is 0. The first-order valence-electron chi connectivity index (χ1n) is 8.28. The molecule has 3 rings (SSSR count). The van der Waals surface area contributed by atoms with Crippen LogP contribution < -0.4 is 0 Å². The van der Waals surface area contributed by atoms with Gasteiger partial charge in [0.25, 0.3) is 0 Å². The SMILES string of the molecule is CCC(C)c1ccc2c(c1C(C)CC)[CH]c1ccccc1-2. The molecule has 0 fully saturated rings. The average Bonchev–Trinajstić information content (AvgIpc) is 2.91. The summed E-state index contributed by atoms with van der Waals surface area (Å²) in [5.74, 6) is 1.26. The van der Waals surface area contributed by atoms with E-state index in [2.05, 4.69) is 70.5 Å². The summed E-state index contributed by atoms with van der Waals surface area (Å²) in [6.45, 7) is 9.32. The number of fused-ring (bicyclic) bond motifs is 3. The molecule has 0 N–H and O–H groups in total. The summed E-state index contributed by atoms with van der Waals surface area (Å²) >= 11 is 0. The van der Waals surface area contributed by atoms with Gasteiger partial charge in [-0.1, -0.05) is 64.1 Å². The minimum atomic E-state index is 0.620. The molecule has 0 nitrogen and oxygen atoms in total. The molecule has 0 aromatic heterocycles. The quantitative estimate of drug-likeness (QED) is 0.525. The van der Waals surface area contributed by atoms with Gasteiger partial charge in [-0.2, -0.15) is 0 Å². The smallest absolute Gasteiger partial charge is 0.0214 e. The molecule has 0 heterocycles. The summed E-state index contributed by atoms with van der Waals surface area (Å²) in [4.78, 5) is 0. The van der Waals surface area contributed by atoms with Crippen LogP contribution in [0.4, 0.5) is 0 Å². The third-order valence-corrected chi connectivity index (χ3v) is 5.12. The molecule has 0 amide bonds. The predicted molar refractivity (Wildman–Crippen MR) is 91.8 cm³/mol. The number of benzene rings is 2. The molecule has 0 saturated heterocycles. The average molecular weight is 277 g/mol. The Hall–Kier alpha value is -1.56. The van der Waals surface area contributed by atoms with E-state index in [0.29, 0.717) is 11.8 Å². The maximum Gasteiger partial charge on any atom is 0.0214 e. The van der Waals surface area contributed by atoms with Crippen molar-refractivity contribution in [3.8, 4) is 11.1 Å². The summed E-state index contributed by atoms with van der Waals surface area (Å²) in [7, 11) is 0. The van der Waals surface area contributed by atoms with E-state index >= 15 is 0 Å². The van der Waals surface area contributed by atoms with E-state index in [1.807, 2.05) is 0 Å². The maximum absolute atomic E-state index is 2.40. The van der Waals surface area contributed by atoms with Crippen molar-refractivity contribution in [3.05, 3.63) is 65.1 Å². The molecular formula is C21H25. The van der Waals surface area contributed by atoms with Crippen LogP contribution in [-0.2, 0) is 0 Å². The van der Waals surface area contributed by atoms with Gasteiger partial charge in [-0.25, -0.2) is 0 Å². The first-order chi connectivity index (χ1) is 10.2. The van der Waals surface area contributed by atoms with Gasteiger partial charge in [0.15, 0.2) is 0 Å². The van der Waals surface area contributed by atoms with Gasteiger partial charge in [0, 0.05) is 6.42 Å². The molecule has 0 aliphatic heterocycles. The zero-order valence-electron chi connectivity index (χ0n) is 13.6. The van der Waals surface area contributed by atoms with Gasteiger partial charge < -0.3 is 0 Å². The highest BCUT2D eigenvalue weighted by Crippen LogP contribution is 2.45. The van der Waals surface area contributed by atoms with Crippen LogP contribution in [0.3, 0.4) is 0 Å². The van der Waals surface area contributed by atoms with Crippen molar-refractivity contribution < 1.29 is 0 Å². The van der Waals surface area contributed by atoms with Crippen molar-refractivity contribution in [1.29, 1.82) is 0 Å². The fourth-order valence-corrected chi connectivity index (χ4v) is 3.47. The largest absolute Gasteiger partial charge is 0.0648 e. The van der Waals surface area contributed by atoms with Crippen molar-refractivity contribution in [3.63, 3.8) is 0 Å². The van der Waals surface area contributed by atoms with Crippen LogP contribution in [0.15, 0.2) is 36.4 Å². The Morgan fingerprint density at radius 2 is 1.52 bits per heavy atom. The zero-order valence-corrected chi connectivity index (χ0v) is 13.6. The summed E-state index contributed by atoms with van der Waals surface area (Å²) < 4.78 is 0. The van der Waals surface area contributed by atoms with E-state index in [0.717, 1.165) is 0 Å². The molecule has 0 saturated carbocycles. The molecule has 2 unspecified atom stereocenters. The van der Waals surface area contributed by atoms with Crippen molar-refractivity contribution in [2.24, 2.45) is 0 Å². The van der Waals surface area contributed by atoms with Crippen molar-refractivity contribution >= 4 is 0 Å². The molecule has 109 valence electrons. The molecule has 2 atom stereocenters. The fourth-order valence-electron chi connectivity index (χ4n) is 3.47. The van der Waals surface area contributed by atoms with E-state index in [9.17, 15) is 0 Å². The Morgan fingerprint density at radius 1 is 0.810 bits per heavy atom. The van der Waals surface area contributed by atoms with E-state index in [1.165, 1.54) is 35.1 Å². The monoisotopic (exact) mass is 277 g/mol. The molecule has 21 heavy (non-hydrogen) atoms. The Labute approximate surface area is 129 Å². The Kier molecular flexibility index (Phi) is 3.89. The van der Waals surface area contributed by atoms with Crippen LogP contribution in [0, 0.1) is 6.42 Å². The second-order valence-corrected chi connectivity index (χ2v) is 6.38. The standard InChI is InChI=1S/C21H25/c1-5-14(3)17-11-12-19-18-10-8-7-9-16(18)13-20(19)21(17)15(4)6-2/h7-15H,5-6H2,1-4H3. The van der Waals surface area contributed by atoms with Crippen LogP contribution in [0.1, 0.15) is 74.6 Å². The van der Waals surface area contributed by atoms with Gasteiger partial charge in [0.2, 0.25) is 0 Å². The number of hydrogen-bond donors (Lipinski definition) is 0. The van der Waals surface area contributed by atoms with E-state index in [-0.39, 0.29) is 0 Å². The first-order valence-corrected chi connectivity index (χ1v) is 8.28. The zero-order chi connectivity index (χ0) is 15.0. The Balaban J connectivity index is 2.20. The maximum atomic E-state index is 2.40. The lowest BCUT2D eigenvalue weighted by Gasteiger charge is -2.23. The Morgan fingerprint density at radius 3 is 2.24 bits per heavy atom. The third kappa shape index (κ3) is 2.31. The summed E-state index contributed by atoms with van der Waals surface area (Å²) in [5.41, 5.74) is 8.80. The number of hydrogen-bond acceptors (Lipinski definition) is 0. The first kappa shape index (κ1) is 14.4. The Bertz CT molecular complexity index is 651. The lowest BCUT2D eigenvalue weighted by Crippen LogP contribution is -2.05. The topological polar surface area (TPSA) is 0 Å². The van der Waals surface area contributed by atoms with Crippen molar-refractivity contribution in [2.45, 2.75) is 52.4 Å². The van der Waals surface area contributed by atoms with Gasteiger partial charge in [-0.05, 0) is 58.1 Å². The third-order valence-electron chi connectivity index (χ3n) is 5.12.